The predicted octanol–water partition coefficient (Wildman–Crippen LogP) is 3.81. The molecule has 0 aliphatic carbocycles. The molecule has 1 aromatic carbocycles. The van der Waals surface area contributed by atoms with Gasteiger partial charge in [-0.15, -0.1) is 0 Å². The Kier molecular flexibility index (Phi) is 6.57. The minimum absolute atomic E-state index is 0.144. The van der Waals surface area contributed by atoms with Crippen LogP contribution in [0.25, 0.3) is 0 Å². The largest absolute Gasteiger partial charge is 0.494 e. The number of ether oxygens (including phenoxy) is 2. The van der Waals surface area contributed by atoms with Crippen LogP contribution in [0.2, 0.25) is 0 Å². The second-order valence-corrected chi connectivity index (χ2v) is 3.89. The van der Waals surface area contributed by atoms with Crippen molar-refractivity contribution in [2.75, 3.05) is 19.8 Å². The molecule has 0 atom stereocenters. The first-order valence-corrected chi connectivity index (χ1v) is 5.90. The van der Waals surface area contributed by atoms with Crippen molar-refractivity contribution < 1.29 is 22.6 Å². The molecule has 5 heteroatoms. The van der Waals surface area contributed by atoms with Crippen molar-refractivity contribution >= 4 is 0 Å². The molecule has 0 bridgehead atoms. The Hall–Kier alpha value is -1.23. The minimum atomic E-state index is -4.23. The molecule has 0 aromatic heterocycles. The van der Waals surface area contributed by atoms with Crippen LogP contribution in [0.3, 0.4) is 0 Å². The van der Waals surface area contributed by atoms with Gasteiger partial charge in [0, 0.05) is 6.61 Å². The van der Waals surface area contributed by atoms with Gasteiger partial charge in [-0.1, -0.05) is 18.2 Å². The van der Waals surface area contributed by atoms with Crippen molar-refractivity contribution in [2.45, 2.75) is 25.4 Å². The van der Waals surface area contributed by atoms with Crippen LogP contribution >= 0.6 is 0 Å². The molecule has 1 rings (SSSR count). The molecule has 18 heavy (non-hydrogen) atoms. The Morgan fingerprint density at radius 1 is 0.889 bits per heavy atom. The summed E-state index contributed by atoms with van der Waals surface area (Å²) in [6.45, 7) is -0.443. The molecule has 0 N–H and O–H groups in total. The van der Waals surface area contributed by atoms with Gasteiger partial charge in [0.05, 0.1) is 6.61 Å². The van der Waals surface area contributed by atoms with Gasteiger partial charge in [-0.3, -0.25) is 0 Å². The van der Waals surface area contributed by atoms with Crippen molar-refractivity contribution in [1.29, 1.82) is 0 Å². The average molecular weight is 262 g/mol. The third-order valence-corrected chi connectivity index (χ3v) is 2.21. The Labute approximate surface area is 105 Å². The zero-order valence-electron chi connectivity index (χ0n) is 10.1. The van der Waals surface area contributed by atoms with E-state index in [0.29, 0.717) is 13.0 Å². The van der Waals surface area contributed by atoms with Gasteiger partial charge in [0.15, 0.2) is 0 Å². The van der Waals surface area contributed by atoms with Crippen LogP contribution in [0.1, 0.15) is 19.3 Å². The summed E-state index contributed by atoms with van der Waals surface area (Å²) < 4.78 is 45.1. The monoisotopic (exact) mass is 262 g/mol. The van der Waals surface area contributed by atoms with Gasteiger partial charge >= 0.3 is 6.18 Å². The van der Waals surface area contributed by atoms with E-state index < -0.39 is 12.8 Å². The highest BCUT2D eigenvalue weighted by atomic mass is 19.4. The summed E-state index contributed by atoms with van der Waals surface area (Å²) in [5.74, 6) is 0.811. The summed E-state index contributed by atoms with van der Waals surface area (Å²) in [6.07, 6.45) is -2.00. The van der Waals surface area contributed by atoms with E-state index in [-0.39, 0.29) is 6.61 Å². The third kappa shape index (κ3) is 7.95. The first-order chi connectivity index (χ1) is 8.58. The maximum Gasteiger partial charge on any atom is 0.411 e. The molecule has 0 aliphatic rings. The van der Waals surface area contributed by atoms with Gasteiger partial charge < -0.3 is 9.47 Å². The van der Waals surface area contributed by atoms with E-state index >= 15 is 0 Å². The molecule has 0 saturated carbocycles. The van der Waals surface area contributed by atoms with Crippen LogP contribution in [0.5, 0.6) is 5.75 Å². The summed E-state index contributed by atoms with van der Waals surface area (Å²) in [5, 5.41) is 0. The highest BCUT2D eigenvalue weighted by molar-refractivity contribution is 5.20. The zero-order valence-corrected chi connectivity index (χ0v) is 10.1. The normalized spacial score (nSPS) is 11.5. The molecule has 0 spiro atoms. The molecule has 0 amide bonds. The van der Waals surface area contributed by atoms with E-state index in [1.807, 2.05) is 30.3 Å². The van der Waals surface area contributed by atoms with Gasteiger partial charge in [0.1, 0.15) is 12.4 Å². The SMILES string of the molecule is FC(F)(F)COCCCCCOc1ccccc1. The Morgan fingerprint density at radius 2 is 1.56 bits per heavy atom. The first kappa shape index (κ1) is 14.8. The molecule has 102 valence electrons. The smallest absolute Gasteiger partial charge is 0.411 e. The lowest BCUT2D eigenvalue weighted by Gasteiger charge is -2.08. The summed E-state index contributed by atoms with van der Waals surface area (Å²) in [4.78, 5) is 0. The number of hydrogen-bond acceptors (Lipinski definition) is 2. The van der Waals surface area contributed by atoms with Crippen molar-refractivity contribution in [3.8, 4) is 5.75 Å². The zero-order chi connectivity index (χ0) is 13.3. The molecule has 0 unspecified atom stereocenters. The van der Waals surface area contributed by atoms with E-state index in [0.717, 1.165) is 18.6 Å². The lowest BCUT2D eigenvalue weighted by atomic mass is 10.2. The maximum atomic E-state index is 11.7. The van der Waals surface area contributed by atoms with E-state index in [2.05, 4.69) is 4.74 Å². The molecule has 0 radical (unpaired) electrons. The first-order valence-electron chi connectivity index (χ1n) is 5.90. The second kappa shape index (κ2) is 7.97. The number of hydrogen-bond donors (Lipinski definition) is 0. The summed E-state index contributed by atoms with van der Waals surface area (Å²) >= 11 is 0. The van der Waals surface area contributed by atoms with Gasteiger partial charge in [-0.25, -0.2) is 0 Å². The average Bonchev–Trinajstić information content (AvgIpc) is 2.32. The topological polar surface area (TPSA) is 18.5 Å². The third-order valence-electron chi connectivity index (χ3n) is 2.21. The standard InChI is InChI=1S/C13H17F3O2/c14-13(15,16)11-17-9-5-2-6-10-18-12-7-3-1-4-8-12/h1,3-4,7-8H,2,5-6,9-11H2. The highest BCUT2D eigenvalue weighted by Crippen LogP contribution is 2.14. The fourth-order valence-corrected chi connectivity index (χ4v) is 1.38. The summed E-state index contributed by atoms with van der Waals surface area (Å²) in [5.41, 5.74) is 0. The molecule has 2 nitrogen and oxygen atoms in total. The molecule has 0 fully saturated rings. The van der Waals surface area contributed by atoms with Gasteiger partial charge in [-0.2, -0.15) is 13.2 Å². The highest BCUT2D eigenvalue weighted by Gasteiger charge is 2.27. The molecule has 0 saturated heterocycles. The summed E-state index contributed by atoms with van der Waals surface area (Å²) in [6, 6.07) is 9.42. The number of unbranched alkanes of at least 4 members (excludes halogenated alkanes) is 2. The van der Waals surface area contributed by atoms with E-state index in [1.54, 1.807) is 0 Å². The lowest BCUT2D eigenvalue weighted by Crippen LogP contribution is -2.17. The number of alkyl halides is 3. The number of para-hydroxylation sites is 1. The van der Waals surface area contributed by atoms with E-state index in [4.69, 9.17) is 4.74 Å². The number of halogens is 3. The van der Waals surface area contributed by atoms with Crippen LogP contribution in [0, 0.1) is 0 Å². The maximum absolute atomic E-state index is 11.7. The predicted molar refractivity (Wildman–Crippen MR) is 62.7 cm³/mol. The van der Waals surface area contributed by atoms with Crippen molar-refractivity contribution in [3.05, 3.63) is 30.3 Å². The van der Waals surface area contributed by atoms with Crippen molar-refractivity contribution in [3.63, 3.8) is 0 Å². The number of rotatable bonds is 8. The van der Waals surface area contributed by atoms with Crippen LogP contribution in [0.15, 0.2) is 30.3 Å². The quantitative estimate of drug-likeness (QED) is 0.663. The van der Waals surface area contributed by atoms with Gasteiger partial charge in [0.25, 0.3) is 0 Å². The van der Waals surface area contributed by atoms with Crippen LogP contribution < -0.4 is 4.74 Å². The second-order valence-electron chi connectivity index (χ2n) is 3.89. The summed E-state index contributed by atoms with van der Waals surface area (Å²) in [7, 11) is 0. The molecule has 0 heterocycles. The fraction of sp³-hybridized carbons (Fsp3) is 0.538. The molecule has 0 aliphatic heterocycles. The Morgan fingerprint density at radius 3 is 2.22 bits per heavy atom. The van der Waals surface area contributed by atoms with Crippen LogP contribution in [0.4, 0.5) is 13.2 Å². The molecular weight excluding hydrogens is 245 g/mol. The Bertz CT molecular complexity index is 312. The van der Waals surface area contributed by atoms with Gasteiger partial charge in [0.2, 0.25) is 0 Å². The van der Waals surface area contributed by atoms with E-state index in [9.17, 15) is 13.2 Å². The fourth-order valence-electron chi connectivity index (χ4n) is 1.38. The number of benzene rings is 1. The van der Waals surface area contributed by atoms with Crippen molar-refractivity contribution in [1.82, 2.24) is 0 Å². The molecular formula is C13H17F3O2. The lowest BCUT2D eigenvalue weighted by molar-refractivity contribution is -0.174. The Balaban J connectivity index is 1.90. The van der Waals surface area contributed by atoms with Gasteiger partial charge in [-0.05, 0) is 31.4 Å². The van der Waals surface area contributed by atoms with Crippen LogP contribution in [-0.2, 0) is 4.74 Å². The van der Waals surface area contributed by atoms with Crippen molar-refractivity contribution in [2.24, 2.45) is 0 Å². The van der Waals surface area contributed by atoms with E-state index in [1.165, 1.54) is 0 Å². The molecule has 1 aromatic rings. The minimum Gasteiger partial charge on any atom is -0.494 e. The van der Waals surface area contributed by atoms with Crippen LogP contribution in [-0.4, -0.2) is 26.0 Å².